The van der Waals surface area contributed by atoms with Gasteiger partial charge in [-0.05, 0) is 40.4 Å². The molecular weight excluding hydrogens is 433 g/mol. The summed E-state index contributed by atoms with van der Waals surface area (Å²) in [4.78, 5) is 13.2. The number of hydrogen-bond acceptors (Lipinski definition) is 8. The molecule has 0 spiro atoms. The van der Waals surface area contributed by atoms with Crippen LogP contribution in [0, 0.1) is 11.3 Å². The maximum Gasteiger partial charge on any atom is 0.200 e. The van der Waals surface area contributed by atoms with Gasteiger partial charge in [0.15, 0.2) is 17.3 Å². The first-order valence-corrected chi connectivity index (χ1v) is 8.53. The summed E-state index contributed by atoms with van der Waals surface area (Å²) in [5.41, 5.74) is -1.31. The first kappa shape index (κ1) is 19.6. The number of nitrogens with zero attached hydrogens (tertiary/aromatic N) is 1. The smallest absolute Gasteiger partial charge is 0.200 e. The molecule has 0 fully saturated rings. The number of aliphatic hydroxyl groups excluding tert-OH is 1. The Labute approximate surface area is 167 Å². The van der Waals surface area contributed by atoms with Crippen LogP contribution in [0.15, 0.2) is 21.0 Å². The molecule has 2 radical (unpaired) electrons. The number of halogens is 1. The van der Waals surface area contributed by atoms with E-state index in [4.69, 9.17) is 17.5 Å². The zero-order chi connectivity index (χ0) is 20.9. The Morgan fingerprint density at radius 2 is 1.82 bits per heavy atom. The monoisotopic (exact) mass is 443 g/mol. The predicted molar refractivity (Wildman–Crippen MR) is 101 cm³/mol. The number of ketones is 1. The highest BCUT2D eigenvalue weighted by Gasteiger charge is 2.31. The Morgan fingerprint density at radius 1 is 1.18 bits per heavy atom. The second-order valence-corrected chi connectivity index (χ2v) is 6.83. The Morgan fingerprint density at radius 3 is 2.39 bits per heavy atom. The van der Waals surface area contributed by atoms with E-state index in [2.05, 4.69) is 15.9 Å². The summed E-state index contributed by atoms with van der Waals surface area (Å²) in [6, 6.07) is 4.10. The van der Waals surface area contributed by atoms with Crippen molar-refractivity contribution in [2.24, 2.45) is 0 Å². The van der Waals surface area contributed by atoms with Crippen molar-refractivity contribution in [3.63, 3.8) is 0 Å². The molecule has 0 aliphatic carbocycles. The van der Waals surface area contributed by atoms with Crippen LogP contribution in [-0.2, 0) is 0 Å². The molecule has 0 saturated heterocycles. The Bertz CT molecular complexity index is 1190. The maximum absolute atomic E-state index is 13.2. The minimum absolute atomic E-state index is 0.0728. The van der Waals surface area contributed by atoms with Crippen molar-refractivity contribution in [3.05, 3.63) is 39.1 Å². The van der Waals surface area contributed by atoms with Gasteiger partial charge in [-0.2, -0.15) is 5.26 Å². The number of phenolic OH excluding ortho intramolecular Hbond substituents is 4. The van der Waals surface area contributed by atoms with Crippen LogP contribution in [0.2, 0.25) is 0 Å². The van der Waals surface area contributed by atoms with E-state index >= 15 is 0 Å². The highest BCUT2D eigenvalue weighted by Crippen LogP contribution is 2.45. The number of aliphatic hydroxyl groups is 1. The highest BCUT2D eigenvalue weighted by molar-refractivity contribution is 9.10. The van der Waals surface area contributed by atoms with Crippen LogP contribution in [-0.4, -0.2) is 39.2 Å². The summed E-state index contributed by atoms with van der Waals surface area (Å²) in [6.45, 7) is 1.30. The average molecular weight is 444 g/mol. The molecule has 10 heteroatoms. The van der Waals surface area contributed by atoms with Crippen LogP contribution in [0.4, 0.5) is 0 Å². The van der Waals surface area contributed by atoms with E-state index in [1.165, 1.54) is 13.0 Å². The number of furan rings is 1. The van der Waals surface area contributed by atoms with Gasteiger partial charge in [-0.15, -0.1) is 0 Å². The van der Waals surface area contributed by atoms with E-state index in [1.807, 2.05) is 0 Å². The molecule has 1 atom stereocenters. The summed E-state index contributed by atoms with van der Waals surface area (Å²) in [7, 11) is 5.71. The lowest BCUT2D eigenvalue weighted by molar-refractivity contribution is 0.102. The predicted octanol–water partition coefficient (Wildman–Crippen LogP) is 1.97. The molecule has 1 heterocycles. The van der Waals surface area contributed by atoms with Crippen molar-refractivity contribution < 1.29 is 34.7 Å². The fraction of sp³-hybridized carbons (Fsp3) is 0.111. The van der Waals surface area contributed by atoms with Crippen LogP contribution in [0.25, 0.3) is 11.0 Å². The molecule has 140 valence electrons. The van der Waals surface area contributed by atoms with Gasteiger partial charge in [0.05, 0.1) is 21.0 Å². The number of carbonyl (C=O) groups is 1. The number of aromatic hydroxyl groups is 4. The lowest BCUT2D eigenvalue weighted by atomic mass is 9.89. The van der Waals surface area contributed by atoms with Crippen LogP contribution < -0.4 is 5.46 Å². The largest absolute Gasteiger partial charge is 0.505 e. The number of phenols is 4. The number of rotatable bonds is 3. The van der Waals surface area contributed by atoms with Crippen molar-refractivity contribution in [1.29, 1.82) is 5.26 Å². The molecule has 0 bridgehead atoms. The normalized spacial score (nSPS) is 12.1. The fourth-order valence-corrected chi connectivity index (χ4v) is 3.27. The standard InChI is InChI=1S/C18H11BBrNO7/c1-5(22)17-9(10-14(25)16(27)15(26)11(19)18(10)28-17)13(24)6-2-7(4-21)12(23)8(20)3-6/h2-3,5,22-23,25-27H,1H3. The molecule has 8 nitrogen and oxygen atoms in total. The van der Waals surface area contributed by atoms with Gasteiger partial charge >= 0.3 is 0 Å². The van der Waals surface area contributed by atoms with Crippen LogP contribution in [0.5, 0.6) is 23.0 Å². The van der Waals surface area contributed by atoms with E-state index in [9.17, 15) is 30.3 Å². The van der Waals surface area contributed by atoms with Crippen LogP contribution in [0.3, 0.4) is 0 Å². The molecule has 28 heavy (non-hydrogen) atoms. The molecule has 1 aromatic heterocycles. The summed E-state index contributed by atoms with van der Waals surface area (Å²) < 4.78 is 5.48. The molecule has 0 aliphatic heterocycles. The van der Waals surface area contributed by atoms with E-state index in [0.717, 1.165) is 6.07 Å². The first-order chi connectivity index (χ1) is 13.1. The van der Waals surface area contributed by atoms with Gasteiger partial charge in [0.25, 0.3) is 0 Å². The SMILES string of the molecule is [B]c1c(O)c(O)c(O)c2c(C(=O)c3cc(Br)c(O)c(C#N)c3)c(C(C)O)oc12. The van der Waals surface area contributed by atoms with Gasteiger partial charge in [0, 0.05) is 5.56 Å². The van der Waals surface area contributed by atoms with Gasteiger partial charge in [0.1, 0.15) is 37.1 Å². The number of benzene rings is 2. The molecule has 0 amide bonds. The van der Waals surface area contributed by atoms with E-state index < -0.39 is 34.6 Å². The van der Waals surface area contributed by atoms with Gasteiger partial charge in [-0.25, -0.2) is 0 Å². The summed E-state index contributed by atoms with van der Waals surface area (Å²) in [6.07, 6.45) is -1.31. The molecule has 3 aromatic rings. The lowest BCUT2D eigenvalue weighted by Gasteiger charge is -2.09. The molecule has 0 aliphatic rings. The number of nitriles is 1. The maximum atomic E-state index is 13.2. The zero-order valence-electron chi connectivity index (χ0n) is 14.2. The topological polar surface area (TPSA) is 155 Å². The van der Waals surface area contributed by atoms with E-state index in [-0.39, 0.29) is 43.6 Å². The van der Waals surface area contributed by atoms with Crippen LogP contribution in [0.1, 0.15) is 40.3 Å². The molecule has 5 N–H and O–H groups in total. The van der Waals surface area contributed by atoms with Crippen LogP contribution >= 0.6 is 15.9 Å². The third kappa shape index (κ3) is 2.76. The Balaban J connectivity index is 2.40. The number of hydrogen-bond donors (Lipinski definition) is 5. The van der Waals surface area contributed by atoms with Crippen molar-refractivity contribution in [2.45, 2.75) is 13.0 Å². The minimum atomic E-state index is -1.31. The molecule has 0 saturated carbocycles. The number of carbonyl (C=O) groups excluding carboxylic acids is 1. The Hall–Kier alpha value is -3.16. The third-order valence-corrected chi connectivity index (χ3v) is 4.78. The van der Waals surface area contributed by atoms with Crippen molar-refractivity contribution >= 4 is 46.0 Å². The molecule has 1 unspecified atom stereocenters. The molecular formula is C18H11BBrNO7. The quantitative estimate of drug-likeness (QED) is 0.233. The molecule has 3 rings (SSSR count). The van der Waals surface area contributed by atoms with Gasteiger partial charge in [0.2, 0.25) is 5.75 Å². The third-order valence-electron chi connectivity index (χ3n) is 4.17. The first-order valence-electron chi connectivity index (χ1n) is 7.74. The number of fused-ring (bicyclic) bond motifs is 1. The average Bonchev–Trinajstić information content (AvgIpc) is 3.07. The lowest BCUT2D eigenvalue weighted by Crippen LogP contribution is -2.07. The van der Waals surface area contributed by atoms with Gasteiger partial charge < -0.3 is 29.9 Å². The summed E-state index contributed by atoms with van der Waals surface area (Å²) in [5, 5.41) is 58.7. The summed E-state index contributed by atoms with van der Waals surface area (Å²) >= 11 is 3.05. The van der Waals surface area contributed by atoms with E-state index in [1.54, 1.807) is 6.07 Å². The van der Waals surface area contributed by atoms with Crippen molar-refractivity contribution in [3.8, 4) is 29.1 Å². The van der Waals surface area contributed by atoms with Gasteiger partial charge in [-0.3, -0.25) is 4.79 Å². The fourth-order valence-electron chi connectivity index (χ4n) is 2.81. The molecule has 2 aromatic carbocycles. The minimum Gasteiger partial charge on any atom is -0.505 e. The van der Waals surface area contributed by atoms with Crippen molar-refractivity contribution in [2.75, 3.05) is 0 Å². The van der Waals surface area contributed by atoms with Crippen molar-refractivity contribution in [1.82, 2.24) is 0 Å². The van der Waals surface area contributed by atoms with Gasteiger partial charge in [-0.1, -0.05) is 0 Å². The Kier molecular flexibility index (Phi) is 4.75. The zero-order valence-corrected chi connectivity index (χ0v) is 15.8. The van der Waals surface area contributed by atoms with E-state index in [0.29, 0.717) is 0 Å². The second-order valence-electron chi connectivity index (χ2n) is 5.98. The summed E-state index contributed by atoms with van der Waals surface area (Å²) in [5.74, 6) is -4.07. The second kappa shape index (κ2) is 6.78. The highest BCUT2D eigenvalue weighted by atomic mass is 79.9.